The molecule has 0 unspecified atom stereocenters. The molecule has 0 spiro atoms. The van der Waals surface area contributed by atoms with Crippen molar-refractivity contribution in [2.75, 3.05) is 13.3 Å². The zero-order valence-electron chi connectivity index (χ0n) is 11.2. The number of aryl methyl sites for hydroxylation is 1. The Labute approximate surface area is 116 Å². The maximum Gasteiger partial charge on any atom is 0.231 e. The summed E-state index contributed by atoms with van der Waals surface area (Å²) in [6, 6.07) is 5.59. The van der Waals surface area contributed by atoms with Crippen LogP contribution < -0.4 is 19.9 Å². The largest absolute Gasteiger partial charge is 0.487 e. The lowest BCUT2D eigenvalue weighted by atomic mass is 10.1. The maximum atomic E-state index is 5.80. The second kappa shape index (κ2) is 5.42. The highest BCUT2D eigenvalue weighted by Crippen LogP contribution is 2.38. The molecule has 0 amide bonds. The van der Waals surface area contributed by atoms with E-state index in [0.717, 1.165) is 28.5 Å². The van der Waals surface area contributed by atoms with Crippen molar-refractivity contribution in [2.24, 2.45) is 5.73 Å². The molecule has 0 aliphatic carbocycles. The molecule has 106 valence electrons. The van der Waals surface area contributed by atoms with Crippen molar-refractivity contribution in [3.8, 4) is 17.2 Å². The summed E-state index contributed by atoms with van der Waals surface area (Å²) in [5.41, 5.74) is 7.38. The molecule has 1 aromatic carbocycles. The highest BCUT2D eigenvalue weighted by atomic mass is 16.7. The van der Waals surface area contributed by atoms with Gasteiger partial charge < -0.3 is 24.5 Å². The van der Waals surface area contributed by atoms with Gasteiger partial charge >= 0.3 is 0 Å². The molecule has 2 aromatic rings. The van der Waals surface area contributed by atoms with Gasteiger partial charge in [0.25, 0.3) is 0 Å². The van der Waals surface area contributed by atoms with Crippen LogP contribution in [0.3, 0.4) is 0 Å². The van der Waals surface area contributed by atoms with Crippen molar-refractivity contribution >= 4 is 0 Å². The molecule has 20 heavy (non-hydrogen) atoms. The number of hydrogen-bond acceptors (Lipinski definition) is 6. The Balaban J connectivity index is 1.80. The van der Waals surface area contributed by atoms with Crippen LogP contribution in [0, 0.1) is 6.92 Å². The standard InChI is InChI=1S/C14H16N2O4/c1-9-4-11(16-20-9)7-17-12-6-14-13(18-8-19-14)5-10(12)2-3-15/h4-6H,2-3,7-8,15H2,1H3. The van der Waals surface area contributed by atoms with Gasteiger partial charge in [-0.2, -0.15) is 0 Å². The molecule has 2 N–H and O–H groups in total. The van der Waals surface area contributed by atoms with Gasteiger partial charge in [0.2, 0.25) is 6.79 Å². The Morgan fingerprint density at radius 1 is 1.25 bits per heavy atom. The summed E-state index contributed by atoms with van der Waals surface area (Å²) < 4.78 is 21.5. The van der Waals surface area contributed by atoms with Crippen molar-refractivity contribution in [3.63, 3.8) is 0 Å². The summed E-state index contributed by atoms with van der Waals surface area (Å²) >= 11 is 0. The third-order valence-corrected chi connectivity index (χ3v) is 3.02. The van der Waals surface area contributed by atoms with E-state index in [4.69, 9.17) is 24.5 Å². The summed E-state index contributed by atoms with van der Waals surface area (Å²) in [5, 5.41) is 3.90. The van der Waals surface area contributed by atoms with E-state index >= 15 is 0 Å². The molecule has 0 bridgehead atoms. The third-order valence-electron chi connectivity index (χ3n) is 3.02. The molecule has 0 saturated carbocycles. The van der Waals surface area contributed by atoms with Crippen LogP contribution >= 0.6 is 0 Å². The van der Waals surface area contributed by atoms with E-state index in [1.54, 1.807) is 0 Å². The molecule has 1 aliphatic heterocycles. The molecule has 6 nitrogen and oxygen atoms in total. The maximum absolute atomic E-state index is 5.80. The van der Waals surface area contributed by atoms with E-state index in [9.17, 15) is 0 Å². The van der Waals surface area contributed by atoms with E-state index in [0.29, 0.717) is 25.3 Å². The summed E-state index contributed by atoms with van der Waals surface area (Å²) in [6.07, 6.45) is 0.712. The lowest BCUT2D eigenvalue weighted by molar-refractivity contribution is 0.173. The quantitative estimate of drug-likeness (QED) is 0.896. The second-order valence-electron chi connectivity index (χ2n) is 4.57. The Kier molecular flexibility index (Phi) is 3.47. The fraction of sp³-hybridized carbons (Fsp3) is 0.357. The summed E-state index contributed by atoms with van der Waals surface area (Å²) in [6.45, 7) is 2.97. The molecule has 0 saturated heterocycles. The van der Waals surface area contributed by atoms with Gasteiger partial charge in [0.1, 0.15) is 23.8 Å². The number of ether oxygens (including phenoxy) is 3. The van der Waals surface area contributed by atoms with Gasteiger partial charge in [0, 0.05) is 12.1 Å². The topological polar surface area (TPSA) is 79.7 Å². The Bertz CT molecular complexity index is 609. The molecule has 0 fully saturated rings. The van der Waals surface area contributed by atoms with Crippen LogP contribution in [0.2, 0.25) is 0 Å². The molecular formula is C14H16N2O4. The number of hydrogen-bond donors (Lipinski definition) is 1. The van der Waals surface area contributed by atoms with Crippen LogP contribution in [0.15, 0.2) is 22.7 Å². The normalized spacial score (nSPS) is 12.7. The minimum Gasteiger partial charge on any atom is -0.487 e. The molecule has 0 radical (unpaired) electrons. The van der Waals surface area contributed by atoms with Gasteiger partial charge in [-0.05, 0) is 31.5 Å². The SMILES string of the molecule is Cc1cc(COc2cc3c(cc2CCN)OCO3)no1. The lowest BCUT2D eigenvalue weighted by Gasteiger charge is -2.11. The molecule has 2 heterocycles. The monoisotopic (exact) mass is 276 g/mol. The highest BCUT2D eigenvalue weighted by Gasteiger charge is 2.18. The first kappa shape index (κ1) is 12.8. The number of rotatable bonds is 5. The summed E-state index contributed by atoms with van der Waals surface area (Å²) in [7, 11) is 0. The van der Waals surface area contributed by atoms with E-state index < -0.39 is 0 Å². The molecule has 6 heteroatoms. The summed E-state index contributed by atoms with van der Waals surface area (Å²) in [5.74, 6) is 2.92. The van der Waals surface area contributed by atoms with Crippen LogP contribution in [0.5, 0.6) is 17.2 Å². The minimum absolute atomic E-state index is 0.239. The van der Waals surface area contributed by atoms with Crippen LogP contribution in [-0.4, -0.2) is 18.5 Å². The van der Waals surface area contributed by atoms with Crippen LogP contribution in [-0.2, 0) is 13.0 Å². The number of benzene rings is 1. The molecule has 1 aromatic heterocycles. The number of nitrogens with zero attached hydrogens (tertiary/aromatic N) is 1. The molecule has 3 rings (SSSR count). The van der Waals surface area contributed by atoms with E-state index in [-0.39, 0.29) is 6.79 Å². The van der Waals surface area contributed by atoms with Gasteiger partial charge in [-0.25, -0.2) is 0 Å². The Morgan fingerprint density at radius 2 is 2.05 bits per heavy atom. The van der Waals surface area contributed by atoms with Gasteiger partial charge in [0.15, 0.2) is 11.5 Å². The predicted octanol–water partition coefficient (Wildman–Crippen LogP) is 1.79. The first-order valence-corrected chi connectivity index (χ1v) is 6.44. The minimum atomic E-state index is 0.239. The van der Waals surface area contributed by atoms with Crippen molar-refractivity contribution in [1.29, 1.82) is 0 Å². The lowest BCUT2D eigenvalue weighted by Crippen LogP contribution is -2.05. The average molecular weight is 276 g/mol. The van der Waals surface area contributed by atoms with Crippen molar-refractivity contribution < 1.29 is 18.7 Å². The first-order chi connectivity index (χ1) is 9.76. The van der Waals surface area contributed by atoms with Gasteiger partial charge in [-0.1, -0.05) is 5.16 Å². The second-order valence-corrected chi connectivity index (χ2v) is 4.57. The smallest absolute Gasteiger partial charge is 0.231 e. The number of aromatic nitrogens is 1. The average Bonchev–Trinajstić information content (AvgIpc) is 3.04. The highest BCUT2D eigenvalue weighted by molar-refractivity contribution is 5.52. The van der Waals surface area contributed by atoms with Crippen LogP contribution in [0.1, 0.15) is 17.0 Å². The molecular weight excluding hydrogens is 260 g/mol. The molecule has 1 aliphatic rings. The molecule has 0 atom stereocenters. The van der Waals surface area contributed by atoms with E-state index in [1.807, 2.05) is 25.1 Å². The summed E-state index contributed by atoms with van der Waals surface area (Å²) in [4.78, 5) is 0. The van der Waals surface area contributed by atoms with E-state index in [2.05, 4.69) is 5.16 Å². The predicted molar refractivity (Wildman–Crippen MR) is 70.9 cm³/mol. The zero-order chi connectivity index (χ0) is 13.9. The van der Waals surface area contributed by atoms with Gasteiger partial charge in [-0.15, -0.1) is 0 Å². The fourth-order valence-corrected chi connectivity index (χ4v) is 2.09. The van der Waals surface area contributed by atoms with Gasteiger partial charge in [-0.3, -0.25) is 0 Å². The third kappa shape index (κ3) is 2.55. The zero-order valence-corrected chi connectivity index (χ0v) is 11.2. The Hall–Kier alpha value is -2.21. The van der Waals surface area contributed by atoms with Crippen molar-refractivity contribution in [1.82, 2.24) is 5.16 Å². The van der Waals surface area contributed by atoms with Crippen molar-refractivity contribution in [3.05, 3.63) is 35.2 Å². The number of nitrogens with two attached hydrogens (primary N) is 1. The van der Waals surface area contributed by atoms with E-state index in [1.165, 1.54) is 0 Å². The van der Waals surface area contributed by atoms with Crippen LogP contribution in [0.25, 0.3) is 0 Å². The number of fused-ring (bicyclic) bond motifs is 1. The van der Waals surface area contributed by atoms with Crippen LogP contribution in [0.4, 0.5) is 0 Å². The van der Waals surface area contributed by atoms with Gasteiger partial charge in [0.05, 0.1) is 0 Å². The fourth-order valence-electron chi connectivity index (χ4n) is 2.09. The van der Waals surface area contributed by atoms with Crippen molar-refractivity contribution in [2.45, 2.75) is 20.0 Å². The Morgan fingerprint density at radius 3 is 2.75 bits per heavy atom. The first-order valence-electron chi connectivity index (χ1n) is 6.44.